The van der Waals surface area contributed by atoms with Crippen molar-refractivity contribution in [3.63, 3.8) is 0 Å². The molecule has 5 fully saturated rings. The molecule has 0 unspecified atom stereocenters. The quantitative estimate of drug-likeness (QED) is 0.0943. The van der Waals surface area contributed by atoms with Crippen LogP contribution in [0.2, 0.25) is 5.02 Å². The summed E-state index contributed by atoms with van der Waals surface area (Å²) < 4.78 is 53.7. The highest BCUT2D eigenvalue weighted by Crippen LogP contribution is 2.49. The Morgan fingerprint density at radius 3 is 1.34 bits per heavy atom. The number of aliphatic imine (C=N–C) groups is 5. The van der Waals surface area contributed by atoms with Crippen LogP contribution in [-0.4, -0.2) is 166 Å². The number of hydrogen-bond donors (Lipinski definition) is 5. The van der Waals surface area contributed by atoms with Crippen molar-refractivity contribution in [2.45, 2.75) is 108 Å². The molecule has 0 amide bonds. The molecule has 5 atom stereocenters. The number of amidine groups is 5. The van der Waals surface area contributed by atoms with Crippen LogP contribution < -0.4 is 29.2 Å². The van der Waals surface area contributed by atoms with E-state index in [4.69, 9.17) is 20.8 Å². The zero-order chi connectivity index (χ0) is 83.0. The number of furan rings is 1. The first-order chi connectivity index (χ1) is 56.5. The molecule has 5 saturated heterocycles. The number of pyridine rings is 1. The molecule has 0 spiro atoms. The molecular formula is C86H75ClF3N13O12S3. The lowest BCUT2D eigenvalue weighted by Crippen LogP contribution is -2.48. The Hall–Kier alpha value is -11.5. The molecule has 10 aliphatic rings. The Labute approximate surface area is 690 Å². The molecule has 602 valence electrons. The van der Waals surface area contributed by atoms with Crippen molar-refractivity contribution in [2.75, 3.05) is 64.3 Å². The lowest BCUT2D eigenvalue weighted by Gasteiger charge is -2.29. The molecule has 118 heavy (non-hydrogen) atoms. The first-order valence-corrected chi connectivity index (χ1v) is 41.0. The predicted molar refractivity (Wildman–Crippen MR) is 448 cm³/mol. The number of rotatable bonds is 8. The summed E-state index contributed by atoms with van der Waals surface area (Å²) in [5, 5.41) is 64.7. The Kier molecular flexibility index (Phi) is 20.0. The molecule has 0 aliphatic carbocycles. The fraction of sp³-hybridized carbons (Fsp3) is 0.279. The molecule has 25 nitrogen and oxygen atoms in total. The van der Waals surface area contributed by atoms with Crippen LogP contribution in [0.4, 0.5) is 68.0 Å². The third-order valence-corrected chi connectivity index (χ3v) is 26.3. The maximum Gasteiger partial charge on any atom is 0.214 e. The van der Waals surface area contributed by atoms with Crippen molar-refractivity contribution in [3.05, 3.63) is 228 Å². The van der Waals surface area contributed by atoms with E-state index < -0.39 is 62.8 Å². The Bertz CT molecular complexity index is 6220. The Balaban J connectivity index is 0.000000106. The number of methoxy groups -OCH3 is 1. The van der Waals surface area contributed by atoms with Crippen molar-refractivity contribution in [1.29, 1.82) is 0 Å². The van der Waals surface area contributed by atoms with Gasteiger partial charge in [-0.3, -0.25) is 28.7 Å². The number of halogens is 4. The van der Waals surface area contributed by atoms with Gasteiger partial charge in [0.15, 0.2) is 45.5 Å². The number of ketones is 5. The molecule has 32 heteroatoms. The van der Waals surface area contributed by atoms with Crippen LogP contribution in [0.3, 0.4) is 0 Å². The van der Waals surface area contributed by atoms with Gasteiger partial charge in [-0.15, -0.1) is 34.0 Å². The average molecular weight is 1670 g/mol. The van der Waals surface area contributed by atoms with Gasteiger partial charge in [0, 0.05) is 150 Å². The number of carbonyl (C=O) groups is 5. The number of Topliss-reactive ketones (excluding diaryl/α,β-unsaturated/α-hetero) is 5. The van der Waals surface area contributed by atoms with E-state index in [0.717, 1.165) is 73.4 Å². The predicted octanol–water partition coefficient (Wildman–Crippen LogP) is 15.0. The number of ether oxygens (including phenoxy) is 1. The molecule has 0 bridgehead atoms. The van der Waals surface area contributed by atoms with Crippen molar-refractivity contribution < 1.29 is 71.8 Å². The Morgan fingerprint density at radius 1 is 0.492 bits per heavy atom. The summed E-state index contributed by atoms with van der Waals surface area (Å²) in [6, 6.07) is 34.3. The highest BCUT2D eigenvalue weighted by atomic mass is 35.5. The van der Waals surface area contributed by atoms with Gasteiger partial charge in [0.25, 0.3) is 0 Å². The van der Waals surface area contributed by atoms with E-state index in [0.29, 0.717) is 129 Å². The van der Waals surface area contributed by atoms with Gasteiger partial charge in [0.05, 0.1) is 58.4 Å². The maximum absolute atomic E-state index is 13.9. The summed E-state index contributed by atoms with van der Waals surface area (Å²) in [5.41, 5.74) is -0.193. The standard InChI is InChI=1S/C19H16N2O3S.C18H16FN3O3.C17H15ClN2O2S.C16H15FN4O2.C16H13FN2O2S/c1-2-13-10-14-16(22)19(23)6-7-21(18(19)20-17(14)25-13)12-4-3-11-5-8-24-15(11)9-12;1-10-7-14-12(9-13(10)19)16(23)18(24)4-6-22(17(18)21-14)11-3-5-20-15(8-11)25-2;1-2-12-9-13-14(21)17(22)7-8-20(16(17)19-15(13)23-12)11-5-3-10(18)4-6-11;1-9-5-13-11(6-12(9)17)14(22)16(23)3-4-21(15(16)19-13)10-7-18-20(2)8-10;1-9-7-12-10(8-11(9)17)14(20)16(21)4-5-19(15(16)18-12)13-3-2-6-22-13/h3-5,8-10,23H,2,6-7H2,1H3;3,5,7-9,24H,4,6H2,1-2H3;3-6,9,22H,2,7-8H2,1H3;5-8,23H,3-4H2,1-2H3;2-3,6-8,21H,4-5H2,1H3/t19-;18-;17-;2*16-/m11111/s1. The molecule has 0 saturated carbocycles. The smallest absolute Gasteiger partial charge is 0.214 e. The average Bonchev–Trinajstić information content (AvgIpc) is 1.55. The summed E-state index contributed by atoms with van der Waals surface area (Å²) in [6.07, 6.45) is 9.76. The van der Waals surface area contributed by atoms with Crippen LogP contribution in [0.5, 0.6) is 5.88 Å². The van der Waals surface area contributed by atoms with Crippen LogP contribution in [0, 0.1) is 38.2 Å². The van der Waals surface area contributed by atoms with Crippen molar-refractivity contribution in [2.24, 2.45) is 32.0 Å². The molecule has 0 radical (unpaired) electrons. The normalized spacial score (nSPS) is 22.6. The van der Waals surface area contributed by atoms with Crippen LogP contribution in [0.25, 0.3) is 11.0 Å². The first kappa shape index (κ1) is 79.0. The number of aromatic nitrogens is 3. The van der Waals surface area contributed by atoms with Gasteiger partial charge >= 0.3 is 0 Å². The molecule has 10 aliphatic heterocycles. The van der Waals surface area contributed by atoms with Gasteiger partial charge in [-0.1, -0.05) is 25.4 Å². The largest absolute Gasteiger partial charge is 0.481 e. The number of thiophene rings is 3. The molecule has 5 aromatic carbocycles. The molecule has 5 N–H and O–H groups in total. The van der Waals surface area contributed by atoms with Gasteiger partial charge in [-0.2, -0.15) is 5.10 Å². The number of fused-ring (bicyclic) bond motifs is 11. The monoisotopic (exact) mass is 1670 g/mol. The zero-order valence-electron chi connectivity index (χ0n) is 64.6. The fourth-order valence-corrected chi connectivity index (χ4v) is 19.0. The molecule has 11 aromatic rings. The number of aliphatic hydroxyl groups is 5. The molecular weight excluding hydrogens is 1600 g/mol. The summed E-state index contributed by atoms with van der Waals surface area (Å²) in [4.78, 5) is 102. The Morgan fingerprint density at radius 2 is 0.907 bits per heavy atom. The van der Waals surface area contributed by atoms with E-state index >= 15 is 0 Å². The topological polar surface area (TPSA) is 318 Å². The number of aryl methyl sites for hydroxylation is 6. The minimum Gasteiger partial charge on any atom is -0.481 e. The van der Waals surface area contributed by atoms with E-state index in [2.05, 4.69) is 42.0 Å². The number of nitrogens with zero attached hydrogens (tertiary/aromatic N) is 13. The summed E-state index contributed by atoms with van der Waals surface area (Å²) in [6.45, 7) is 11.4. The van der Waals surface area contributed by atoms with Crippen molar-refractivity contribution >= 4 is 169 Å². The highest BCUT2D eigenvalue weighted by Gasteiger charge is 2.58. The summed E-state index contributed by atoms with van der Waals surface area (Å²) in [5.74, 6) is -1.18. The summed E-state index contributed by atoms with van der Waals surface area (Å²) >= 11 is 10.5. The van der Waals surface area contributed by atoms with E-state index in [9.17, 15) is 62.7 Å². The number of anilines is 5. The van der Waals surface area contributed by atoms with E-state index in [1.165, 1.54) is 59.3 Å². The SMILES string of the molecule is CCc1cc2c(s1)N=C1N(c3ccc(Cl)cc3)CC[C@@]1(O)C2=O.CCc1cc2c(s1)N=C1N(c3ccc4ccoc4c3)CC[C@@]1(O)C2=O.COc1cc(N2CC[C@@]3(O)C(=O)c4cc(F)c(C)cc4N=C23)ccn1.Cc1cc2c(cc1F)C(=O)[C@]1(O)CCN(c3cccs3)C1=N2.Cc1cc2c(cc1F)C(=O)[C@]1(O)CCN(c3cnn(C)c3)C1=N2. The highest BCUT2D eigenvalue weighted by molar-refractivity contribution is 7.16. The third-order valence-electron chi connectivity index (χ3n) is 22.8. The van der Waals surface area contributed by atoms with E-state index in [1.807, 2.05) is 87.7 Å². The van der Waals surface area contributed by atoms with Crippen LogP contribution >= 0.6 is 45.6 Å². The van der Waals surface area contributed by atoms with Crippen LogP contribution in [-0.2, 0) is 19.9 Å². The minimum atomic E-state index is -1.74. The van der Waals surface area contributed by atoms with Crippen LogP contribution in [0.1, 0.15) is 124 Å². The van der Waals surface area contributed by atoms with E-state index in [-0.39, 0.29) is 59.2 Å². The molecule has 6 aromatic heterocycles. The second kappa shape index (κ2) is 29.8. The van der Waals surface area contributed by atoms with E-state index in [1.54, 1.807) is 97.5 Å². The van der Waals surface area contributed by atoms with Gasteiger partial charge in [-0.25, -0.2) is 43.1 Å². The van der Waals surface area contributed by atoms with Crippen LogP contribution in [0.15, 0.2) is 181 Å². The number of hydrogen-bond acceptors (Lipinski definition) is 27. The number of benzene rings is 5. The fourth-order valence-electron chi connectivity index (χ4n) is 16.2. The van der Waals surface area contributed by atoms with Gasteiger partial charge in [0.2, 0.25) is 34.8 Å². The van der Waals surface area contributed by atoms with Crippen molar-refractivity contribution in [1.82, 2.24) is 14.8 Å². The third kappa shape index (κ3) is 13.2. The second-order valence-electron chi connectivity index (χ2n) is 30.1. The molecule has 16 heterocycles. The first-order valence-electron chi connectivity index (χ1n) is 38.1. The lowest BCUT2D eigenvalue weighted by molar-refractivity contribution is 0.0599. The van der Waals surface area contributed by atoms with Gasteiger partial charge in [-0.05, 0) is 165 Å². The van der Waals surface area contributed by atoms with Crippen molar-refractivity contribution in [3.8, 4) is 5.88 Å². The lowest BCUT2D eigenvalue weighted by atomic mass is 9.87. The minimum absolute atomic E-state index is 0.114. The maximum atomic E-state index is 13.9. The van der Waals surface area contributed by atoms with Gasteiger partial charge < -0.3 is 59.2 Å². The van der Waals surface area contributed by atoms with Gasteiger partial charge in [0.1, 0.15) is 44.7 Å². The molecule has 21 rings (SSSR count). The second-order valence-corrected chi connectivity index (χ2v) is 33.7. The zero-order valence-corrected chi connectivity index (χ0v) is 67.8. The summed E-state index contributed by atoms with van der Waals surface area (Å²) in [7, 11) is 3.31. The number of carbonyl (C=O) groups excluding carboxylic acids is 5.